The number of pyridine rings is 1. The van der Waals surface area contributed by atoms with E-state index in [1.54, 1.807) is 12.4 Å². The van der Waals surface area contributed by atoms with E-state index < -0.39 is 5.97 Å². The summed E-state index contributed by atoms with van der Waals surface area (Å²) in [5.41, 5.74) is 0.918. The molecule has 0 aromatic carbocycles. The fourth-order valence-corrected chi connectivity index (χ4v) is 4.70. The molecular formula is C26H46N2O3S. The molecule has 2 N–H and O–H groups in total. The second-order valence-corrected chi connectivity index (χ2v) is 9.86. The zero-order valence-electron chi connectivity index (χ0n) is 20.2. The van der Waals surface area contributed by atoms with Crippen LogP contribution in [0.25, 0.3) is 0 Å². The van der Waals surface area contributed by atoms with Crippen LogP contribution in [0.15, 0.2) is 24.5 Å². The van der Waals surface area contributed by atoms with E-state index in [-0.39, 0.29) is 5.25 Å². The van der Waals surface area contributed by atoms with Crippen LogP contribution in [0.3, 0.4) is 0 Å². The number of carbonyl (C=O) groups is 1. The number of carboxylic acids is 1. The van der Waals surface area contributed by atoms with Gasteiger partial charge in [0, 0.05) is 18.1 Å². The zero-order valence-corrected chi connectivity index (χ0v) is 21.1. The fourth-order valence-electron chi connectivity index (χ4n) is 3.73. The van der Waals surface area contributed by atoms with E-state index in [0.29, 0.717) is 19.1 Å². The van der Waals surface area contributed by atoms with Crippen LogP contribution >= 0.6 is 11.8 Å². The Morgan fingerprint density at radius 2 is 1.59 bits per heavy atom. The second kappa shape index (κ2) is 21.6. The maximum absolute atomic E-state index is 11.5. The summed E-state index contributed by atoms with van der Waals surface area (Å²) in [6, 6.07) is 3.80. The van der Waals surface area contributed by atoms with E-state index in [4.69, 9.17) is 4.74 Å². The monoisotopic (exact) mass is 466 g/mol. The molecule has 0 fully saturated rings. The lowest BCUT2D eigenvalue weighted by Gasteiger charge is -2.12. The molecule has 1 heterocycles. The Morgan fingerprint density at radius 3 is 2.12 bits per heavy atom. The van der Waals surface area contributed by atoms with Gasteiger partial charge in [0.25, 0.3) is 0 Å². The van der Waals surface area contributed by atoms with Crippen LogP contribution in [0.4, 0.5) is 5.69 Å². The summed E-state index contributed by atoms with van der Waals surface area (Å²) >= 11 is 1.50. The molecular weight excluding hydrogens is 420 g/mol. The summed E-state index contributed by atoms with van der Waals surface area (Å²) in [5.74, 6) is 0.00257. The van der Waals surface area contributed by atoms with E-state index in [0.717, 1.165) is 24.9 Å². The van der Waals surface area contributed by atoms with Gasteiger partial charge in [-0.15, -0.1) is 11.8 Å². The summed E-state index contributed by atoms with van der Waals surface area (Å²) in [5, 5.41) is 12.3. The summed E-state index contributed by atoms with van der Waals surface area (Å²) in [6.45, 7) is 3.22. The Hall–Kier alpha value is -1.27. The molecule has 1 aromatic heterocycles. The van der Waals surface area contributed by atoms with Crippen molar-refractivity contribution in [3.8, 4) is 0 Å². The van der Waals surface area contributed by atoms with Crippen molar-refractivity contribution < 1.29 is 14.6 Å². The van der Waals surface area contributed by atoms with Gasteiger partial charge >= 0.3 is 5.97 Å². The first-order valence-electron chi connectivity index (χ1n) is 12.8. The summed E-state index contributed by atoms with van der Waals surface area (Å²) in [4.78, 5) is 15.5. The van der Waals surface area contributed by atoms with E-state index in [1.165, 1.54) is 88.8 Å². The van der Waals surface area contributed by atoms with Gasteiger partial charge in [0.1, 0.15) is 12.0 Å². The lowest BCUT2D eigenvalue weighted by Crippen LogP contribution is -2.18. The van der Waals surface area contributed by atoms with Gasteiger partial charge in [0.2, 0.25) is 0 Å². The number of unbranched alkanes of at least 4 members (excludes halogenated alkanes) is 13. The summed E-state index contributed by atoms with van der Waals surface area (Å²) in [7, 11) is 0. The standard InChI is InChI=1S/C26H46N2O3S/c1-2-3-4-5-6-7-8-9-10-11-12-13-14-15-18-25(26(29)30)32-21-20-31-23-28-24-17-16-19-27-22-24/h16-17,19,22,25,28H,2-15,18,20-21,23H2,1H3,(H,29,30). The minimum absolute atomic E-state index is 0.317. The van der Waals surface area contributed by atoms with Crippen LogP contribution in [0, 0.1) is 0 Å². The molecule has 32 heavy (non-hydrogen) atoms. The molecule has 0 aliphatic carbocycles. The van der Waals surface area contributed by atoms with Crippen LogP contribution in [-0.2, 0) is 9.53 Å². The molecule has 0 radical (unpaired) electrons. The Morgan fingerprint density at radius 1 is 1.00 bits per heavy atom. The van der Waals surface area contributed by atoms with Crippen LogP contribution in [-0.4, -0.2) is 40.4 Å². The van der Waals surface area contributed by atoms with Gasteiger partial charge in [-0.05, 0) is 18.6 Å². The molecule has 0 bridgehead atoms. The third kappa shape index (κ3) is 17.3. The highest BCUT2D eigenvalue weighted by molar-refractivity contribution is 8.00. The van der Waals surface area contributed by atoms with Crippen LogP contribution in [0.1, 0.15) is 103 Å². The Kier molecular flexibility index (Phi) is 19.4. The van der Waals surface area contributed by atoms with Gasteiger partial charge in [-0.1, -0.05) is 96.8 Å². The molecule has 0 spiro atoms. The van der Waals surface area contributed by atoms with Crippen molar-refractivity contribution in [3.05, 3.63) is 24.5 Å². The van der Waals surface area contributed by atoms with Crippen molar-refractivity contribution >= 4 is 23.4 Å². The van der Waals surface area contributed by atoms with E-state index >= 15 is 0 Å². The van der Waals surface area contributed by atoms with Gasteiger partial charge in [0.15, 0.2) is 0 Å². The summed E-state index contributed by atoms with van der Waals surface area (Å²) < 4.78 is 5.54. The quantitative estimate of drug-likeness (QED) is 0.128. The molecule has 0 saturated carbocycles. The zero-order chi connectivity index (χ0) is 23.1. The van der Waals surface area contributed by atoms with E-state index in [2.05, 4.69) is 17.2 Å². The van der Waals surface area contributed by atoms with Crippen molar-refractivity contribution in [2.24, 2.45) is 0 Å². The minimum atomic E-state index is -0.696. The van der Waals surface area contributed by atoms with Gasteiger partial charge in [-0.25, -0.2) is 0 Å². The fraction of sp³-hybridized carbons (Fsp3) is 0.769. The first-order valence-corrected chi connectivity index (χ1v) is 13.8. The number of nitrogens with zero attached hydrogens (tertiary/aromatic N) is 1. The van der Waals surface area contributed by atoms with Gasteiger partial charge in [-0.2, -0.15) is 0 Å². The number of ether oxygens (including phenoxy) is 1. The Labute approximate surface area is 200 Å². The largest absolute Gasteiger partial charge is 0.480 e. The smallest absolute Gasteiger partial charge is 0.316 e. The van der Waals surface area contributed by atoms with Crippen LogP contribution in [0.2, 0.25) is 0 Å². The lowest BCUT2D eigenvalue weighted by molar-refractivity contribution is -0.136. The van der Waals surface area contributed by atoms with E-state index in [9.17, 15) is 9.90 Å². The van der Waals surface area contributed by atoms with Crippen LogP contribution < -0.4 is 5.32 Å². The Bertz CT molecular complexity index is 545. The number of nitrogens with one attached hydrogen (secondary N) is 1. The molecule has 1 aromatic rings. The first kappa shape index (κ1) is 28.8. The first-order chi connectivity index (χ1) is 15.7. The molecule has 0 saturated heterocycles. The molecule has 0 aliphatic rings. The number of rotatable bonds is 23. The average molecular weight is 467 g/mol. The second-order valence-electron chi connectivity index (χ2n) is 8.55. The third-order valence-corrected chi connectivity index (χ3v) is 6.92. The number of thioether (sulfide) groups is 1. The van der Waals surface area contributed by atoms with Gasteiger partial charge in [-0.3, -0.25) is 9.78 Å². The van der Waals surface area contributed by atoms with E-state index in [1.807, 2.05) is 12.1 Å². The molecule has 184 valence electrons. The Balaban J connectivity index is 1.89. The molecule has 0 aliphatic heterocycles. The number of hydrogen-bond acceptors (Lipinski definition) is 5. The van der Waals surface area contributed by atoms with Crippen molar-refractivity contribution in [3.63, 3.8) is 0 Å². The van der Waals surface area contributed by atoms with Gasteiger partial charge in [0.05, 0.1) is 12.3 Å². The highest BCUT2D eigenvalue weighted by Crippen LogP contribution is 2.19. The topological polar surface area (TPSA) is 71.5 Å². The number of hydrogen-bond donors (Lipinski definition) is 2. The predicted octanol–water partition coefficient (Wildman–Crippen LogP) is 7.53. The number of aliphatic carboxylic acids is 1. The van der Waals surface area contributed by atoms with Crippen molar-refractivity contribution in [1.82, 2.24) is 4.98 Å². The average Bonchev–Trinajstić information content (AvgIpc) is 2.80. The van der Waals surface area contributed by atoms with Gasteiger partial charge < -0.3 is 15.2 Å². The number of anilines is 1. The lowest BCUT2D eigenvalue weighted by atomic mass is 10.0. The maximum atomic E-state index is 11.5. The van der Waals surface area contributed by atoms with Crippen LogP contribution in [0.5, 0.6) is 0 Å². The van der Waals surface area contributed by atoms with Crippen molar-refractivity contribution in [2.75, 3.05) is 24.4 Å². The predicted molar refractivity (Wildman–Crippen MR) is 137 cm³/mol. The third-order valence-electron chi connectivity index (χ3n) is 5.68. The minimum Gasteiger partial charge on any atom is -0.480 e. The maximum Gasteiger partial charge on any atom is 0.316 e. The SMILES string of the molecule is CCCCCCCCCCCCCCCCC(SCCOCNc1cccnc1)C(=O)O. The summed E-state index contributed by atoms with van der Waals surface area (Å²) in [6.07, 6.45) is 22.7. The van der Waals surface area contributed by atoms with Crippen molar-refractivity contribution in [1.29, 1.82) is 0 Å². The molecule has 5 nitrogen and oxygen atoms in total. The number of carboxylic acid groups (broad SMARTS) is 1. The van der Waals surface area contributed by atoms with Crippen molar-refractivity contribution in [2.45, 2.75) is 108 Å². The molecule has 6 heteroatoms. The normalized spacial score (nSPS) is 12.0. The molecule has 1 unspecified atom stereocenters. The molecule has 1 atom stereocenters. The molecule has 0 amide bonds. The number of aromatic nitrogens is 1. The highest BCUT2D eigenvalue weighted by Gasteiger charge is 2.17. The highest BCUT2D eigenvalue weighted by atomic mass is 32.2. The molecule has 1 rings (SSSR count).